The van der Waals surface area contributed by atoms with Crippen LogP contribution in [0.25, 0.3) is 0 Å². The quantitative estimate of drug-likeness (QED) is 0.158. The number of hydrogen-bond acceptors (Lipinski definition) is 10. The Kier molecular flexibility index (Phi) is 11.0. The Labute approximate surface area is 232 Å². The zero-order chi connectivity index (χ0) is 31.2. The number of halogens is 8. The van der Waals surface area contributed by atoms with Crippen molar-refractivity contribution in [1.82, 2.24) is 15.1 Å². The Hall–Kier alpha value is -3.16. The molecule has 1 saturated heterocycles. The summed E-state index contributed by atoms with van der Waals surface area (Å²) in [5.41, 5.74) is 2.88. The Morgan fingerprint density at radius 3 is 2.41 bits per heavy atom. The summed E-state index contributed by atoms with van der Waals surface area (Å²) in [6.45, 7) is 6.10. The van der Waals surface area contributed by atoms with Crippen LogP contribution in [0.1, 0.15) is 49.8 Å². The maximum absolute atomic E-state index is 13.0. The molecular weight excluding hydrogens is 616 g/mol. The number of alkyl halides is 8. The number of aromatic nitrogens is 2. The number of esters is 1. The number of sulfonamides is 1. The second-order valence-electron chi connectivity index (χ2n) is 8.47. The minimum atomic E-state index is -6.18. The summed E-state index contributed by atoms with van der Waals surface area (Å²) in [6, 6.07) is 0.0114. The van der Waals surface area contributed by atoms with Crippen molar-refractivity contribution in [2.45, 2.75) is 64.5 Å². The van der Waals surface area contributed by atoms with Gasteiger partial charge in [-0.1, -0.05) is 24.3 Å². The van der Waals surface area contributed by atoms with Crippen molar-refractivity contribution in [3.05, 3.63) is 28.4 Å². The zero-order valence-electron chi connectivity index (χ0n) is 21.6. The summed E-state index contributed by atoms with van der Waals surface area (Å²) in [5, 5.41) is 8.58. The highest BCUT2D eigenvalue weighted by Crippen LogP contribution is 2.37. The van der Waals surface area contributed by atoms with Gasteiger partial charge in [0.2, 0.25) is 10.1 Å². The summed E-state index contributed by atoms with van der Waals surface area (Å²) < 4.78 is 132. The molecule has 1 aromatic heterocycles. The van der Waals surface area contributed by atoms with Gasteiger partial charge in [-0.3, -0.25) is 5.43 Å². The monoisotopic (exact) mass is 640 g/mol. The molecule has 1 aliphatic rings. The van der Waals surface area contributed by atoms with Crippen LogP contribution in [-0.4, -0.2) is 78.2 Å². The molecule has 41 heavy (non-hydrogen) atoms. The highest BCUT2D eigenvalue weighted by atomic mass is 32.2. The minimum Gasteiger partial charge on any atom is -0.388 e. The number of hydrogen-bond donors (Lipinski definition) is 1. The molecule has 1 aromatic rings. The van der Waals surface area contributed by atoms with Crippen LogP contribution in [-0.2, 0) is 14.8 Å². The Bertz CT molecular complexity index is 1320. The van der Waals surface area contributed by atoms with Gasteiger partial charge in [0.05, 0.1) is 11.9 Å². The Morgan fingerprint density at radius 2 is 1.85 bits per heavy atom. The fourth-order valence-electron chi connectivity index (χ4n) is 3.47. The van der Waals surface area contributed by atoms with Gasteiger partial charge in [0, 0.05) is 18.3 Å². The van der Waals surface area contributed by atoms with E-state index in [0.29, 0.717) is 25.1 Å². The molecule has 0 amide bonds. The topological polar surface area (TPSA) is 126 Å². The first-order valence-electron chi connectivity index (χ1n) is 11.6. The van der Waals surface area contributed by atoms with Gasteiger partial charge in [0.1, 0.15) is 0 Å². The second-order valence-corrected chi connectivity index (χ2v) is 11.1. The van der Waals surface area contributed by atoms with Crippen LogP contribution >= 0.6 is 11.3 Å². The molecule has 2 heterocycles. The van der Waals surface area contributed by atoms with E-state index in [4.69, 9.17) is 0 Å². The van der Waals surface area contributed by atoms with E-state index in [1.807, 2.05) is 18.7 Å². The Balaban J connectivity index is 2.40. The highest BCUT2D eigenvalue weighted by Gasteiger charge is 2.62. The molecule has 1 atom stereocenters. The maximum atomic E-state index is 13.0. The van der Waals surface area contributed by atoms with E-state index in [2.05, 4.69) is 29.9 Å². The number of allylic oxidation sites excluding steroid dienone is 3. The summed E-state index contributed by atoms with van der Waals surface area (Å²) in [5.74, 6) is -4.39. The zero-order valence-corrected chi connectivity index (χ0v) is 23.2. The summed E-state index contributed by atoms with van der Waals surface area (Å²) in [7, 11) is -5.08. The first kappa shape index (κ1) is 34.0. The highest BCUT2D eigenvalue weighted by molar-refractivity contribution is 7.90. The third kappa shape index (κ3) is 10.0. The molecule has 0 radical (unpaired) electrons. The van der Waals surface area contributed by atoms with Crippen LogP contribution in [0.2, 0.25) is 0 Å². The summed E-state index contributed by atoms with van der Waals surface area (Å²) >= 11 is 0.150. The third-order valence-corrected chi connectivity index (χ3v) is 7.19. The van der Waals surface area contributed by atoms with E-state index in [0.717, 1.165) is 18.2 Å². The Morgan fingerprint density at radius 1 is 1.20 bits per heavy atom. The van der Waals surface area contributed by atoms with E-state index >= 15 is 0 Å². The van der Waals surface area contributed by atoms with E-state index in [1.54, 1.807) is 13.0 Å². The van der Waals surface area contributed by atoms with Crippen LogP contribution in [0.15, 0.2) is 32.9 Å². The number of carbonyl (C=O) groups excluding carboxylic acids is 1. The van der Waals surface area contributed by atoms with Gasteiger partial charge in [-0.15, -0.1) is 10.2 Å². The van der Waals surface area contributed by atoms with E-state index in [1.165, 1.54) is 6.08 Å². The maximum Gasteiger partial charge on any atom is 0.501 e. The van der Waals surface area contributed by atoms with Crippen molar-refractivity contribution in [2.75, 3.05) is 17.7 Å². The predicted octanol–water partition coefficient (Wildman–Crippen LogP) is 5.31. The summed E-state index contributed by atoms with van der Waals surface area (Å²) in [6.07, 6.45) is -11.3. The second kappa shape index (κ2) is 13.2. The molecule has 230 valence electrons. The average molecular weight is 641 g/mol. The van der Waals surface area contributed by atoms with Gasteiger partial charge in [-0.05, 0) is 44.8 Å². The minimum absolute atomic E-state index is 0.0114. The molecule has 1 fully saturated rings. The molecular formula is C21H24F8N6O4S2. The molecule has 0 aromatic carbocycles. The molecule has 0 bridgehead atoms. The molecule has 1 N–H and O–H groups in total. The van der Waals surface area contributed by atoms with Crippen LogP contribution in [0.4, 0.5) is 40.3 Å². The average Bonchev–Trinajstić information content (AvgIpc) is 3.28. The van der Waals surface area contributed by atoms with Crippen molar-refractivity contribution in [2.24, 2.45) is 9.50 Å². The van der Waals surface area contributed by atoms with Gasteiger partial charge < -0.3 is 9.64 Å². The number of ether oxygens (including phenoxy) is 1. The lowest BCUT2D eigenvalue weighted by Crippen LogP contribution is -2.40. The van der Waals surface area contributed by atoms with E-state index < -0.39 is 56.1 Å². The van der Waals surface area contributed by atoms with Gasteiger partial charge in [-0.25, -0.2) is 13.2 Å². The fourth-order valence-corrected chi connectivity index (χ4v) is 4.94. The molecule has 1 aliphatic heterocycles. The van der Waals surface area contributed by atoms with Crippen molar-refractivity contribution in [1.29, 1.82) is 0 Å². The molecule has 2 rings (SSSR count). The molecule has 0 spiro atoms. The first-order valence-corrected chi connectivity index (χ1v) is 14.0. The number of rotatable bonds is 10. The van der Waals surface area contributed by atoms with Gasteiger partial charge in [0.15, 0.2) is 5.75 Å². The van der Waals surface area contributed by atoms with Crippen LogP contribution in [0.3, 0.4) is 0 Å². The van der Waals surface area contributed by atoms with Crippen molar-refractivity contribution in [3.8, 4) is 0 Å². The fraction of sp³-hybridized carbons (Fsp3) is 0.571. The molecule has 0 saturated carbocycles. The number of carbonyl (C=O) groups is 1. The lowest BCUT2D eigenvalue weighted by Gasteiger charge is -2.39. The third-order valence-electron chi connectivity index (χ3n) is 5.20. The van der Waals surface area contributed by atoms with Crippen molar-refractivity contribution < 1.29 is 53.1 Å². The van der Waals surface area contributed by atoms with E-state index in [-0.39, 0.29) is 17.4 Å². The number of nitrogens with zero attached hydrogens (tertiary/aromatic N) is 5. The molecule has 0 aliphatic carbocycles. The number of anilines is 1. The predicted molar refractivity (Wildman–Crippen MR) is 133 cm³/mol. The number of hydrazone groups is 1. The SMILES string of the molecule is C/C=C1/CCC(C)N(CCC)/C1=C/C(C=NNc1nnc(C(=O)OC(F)(F)C(F)(F)F)s1)=NS(=O)(=O)CC(F)(F)F. The van der Waals surface area contributed by atoms with Gasteiger partial charge in [0.25, 0.3) is 10.0 Å². The standard InChI is InChI=1S/C21H24F8N6O4S2/c1-4-8-35-12(3)6-7-13(5-2)15(35)9-14(34-41(37,38)11-19(22,23)24)10-30-32-18-33-31-16(40-18)17(36)39-21(28,29)20(25,26)27/h5,9-10,12H,4,6-8,11H2,1-3H3,(H,32,33)/b13-5-,15-9+,30-10?,34-14?. The lowest BCUT2D eigenvalue weighted by atomic mass is 9.94. The number of nitrogens with one attached hydrogen (secondary N) is 1. The molecule has 1 unspecified atom stereocenters. The van der Waals surface area contributed by atoms with E-state index in [9.17, 15) is 48.3 Å². The largest absolute Gasteiger partial charge is 0.501 e. The molecule has 20 heteroatoms. The normalized spacial score (nSPS) is 19.8. The number of likely N-dealkylation sites (tertiary alicyclic amines) is 1. The summed E-state index contributed by atoms with van der Waals surface area (Å²) in [4.78, 5) is 13.5. The van der Waals surface area contributed by atoms with Crippen molar-refractivity contribution >= 4 is 44.4 Å². The first-order chi connectivity index (χ1) is 18.8. The van der Waals surface area contributed by atoms with Crippen LogP contribution in [0.5, 0.6) is 0 Å². The lowest BCUT2D eigenvalue weighted by molar-refractivity contribution is -0.370. The van der Waals surface area contributed by atoms with Crippen molar-refractivity contribution in [3.63, 3.8) is 0 Å². The van der Waals surface area contributed by atoms with Gasteiger partial charge in [-0.2, -0.15) is 44.6 Å². The molecule has 10 nitrogen and oxygen atoms in total. The van der Waals surface area contributed by atoms with Gasteiger partial charge >= 0.3 is 24.4 Å². The smallest absolute Gasteiger partial charge is 0.388 e. The van der Waals surface area contributed by atoms with Crippen LogP contribution < -0.4 is 5.43 Å². The van der Waals surface area contributed by atoms with Crippen LogP contribution in [0, 0.1) is 0 Å². The number of piperidine rings is 1.